The predicted molar refractivity (Wildman–Crippen MR) is 124 cm³/mol. The Kier molecular flexibility index (Phi) is 5.09. The fourth-order valence-electron chi connectivity index (χ4n) is 3.55. The highest BCUT2D eigenvalue weighted by atomic mass is 16.4. The van der Waals surface area contributed by atoms with E-state index < -0.39 is 5.76 Å². The number of nitrogen functional groups attached to an aromatic ring is 1. The fourth-order valence-corrected chi connectivity index (χ4v) is 3.55. The topological polar surface area (TPSA) is 156 Å². The third-order valence-electron chi connectivity index (χ3n) is 5.39. The number of hydrogen-bond acceptors (Lipinski definition) is 7. The third kappa shape index (κ3) is 4.31. The second-order valence-corrected chi connectivity index (χ2v) is 7.89. The third-order valence-corrected chi connectivity index (χ3v) is 5.39. The van der Waals surface area contributed by atoms with Crippen molar-refractivity contribution in [2.45, 2.75) is 19.8 Å². The summed E-state index contributed by atoms with van der Waals surface area (Å²) >= 11 is 0. The number of aryl methyl sites for hydroxylation is 1. The number of nitrogens with two attached hydrogens (primary N) is 1. The summed E-state index contributed by atoms with van der Waals surface area (Å²) in [5.41, 5.74) is 9.63. The minimum absolute atomic E-state index is 0.00196. The van der Waals surface area contributed by atoms with Gasteiger partial charge in [-0.15, -0.1) is 0 Å². The summed E-state index contributed by atoms with van der Waals surface area (Å²) in [6, 6.07) is 9.12. The van der Waals surface area contributed by atoms with Crippen LogP contribution in [-0.4, -0.2) is 31.1 Å². The maximum Gasteiger partial charge on any atom is 0.417 e. The number of pyridine rings is 2. The Labute approximate surface area is 187 Å². The van der Waals surface area contributed by atoms with Crippen LogP contribution in [0.1, 0.15) is 18.4 Å². The Morgan fingerprint density at radius 1 is 1.24 bits per heavy atom. The van der Waals surface area contributed by atoms with Crippen molar-refractivity contribution in [3.05, 3.63) is 65.0 Å². The van der Waals surface area contributed by atoms with Gasteiger partial charge in [-0.3, -0.25) is 14.9 Å². The molecule has 10 heteroatoms. The number of carbonyl (C=O) groups is 1. The summed E-state index contributed by atoms with van der Waals surface area (Å²) in [6.07, 6.45) is 6.93. The van der Waals surface area contributed by atoms with Crippen LogP contribution in [0.15, 0.2) is 58.1 Å². The number of benzene rings is 1. The molecule has 166 valence electrons. The molecular weight excluding hydrogens is 422 g/mol. The summed E-state index contributed by atoms with van der Waals surface area (Å²) in [7, 11) is 0. The summed E-state index contributed by atoms with van der Waals surface area (Å²) in [5.74, 6) is 0.429. The number of aromatic amines is 2. The second-order valence-electron chi connectivity index (χ2n) is 7.89. The van der Waals surface area contributed by atoms with Crippen molar-refractivity contribution in [2.75, 3.05) is 11.1 Å². The lowest BCUT2D eigenvalue weighted by atomic mass is 10.0. The predicted octanol–water partition coefficient (Wildman–Crippen LogP) is 3.38. The first-order valence-corrected chi connectivity index (χ1v) is 10.4. The normalized spacial score (nSPS) is 13.0. The number of H-pyrrole nitrogens is 2. The monoisotopic (exact) mass is 443 g/mol. The maximum absolute atomic E-state index is 12.0. The zero-order valence-electron chi connectivity index (χ0n) is 17.8. The quantitative estimate of drug-likeness (QED) is 0.333. The van der Waals surface area contributed by atoms with Crippen LogP contribution in [0.25, 0.3) is 33.1 Å². The largest absolute Gasteiger partial charge is 0.417 e. The summed E-state index contributed by atoms with van der Waals surface area (Å²) < 4.78 is 5.17. The minimum atomic E-state index is -0.500. The molecule has 5 aromatic rings. The molecule has 0 saturated heterocycles. The van der Waals surface area contributed by atoms with Gasteiger partial charge in [0.05, 0.1) is 11.2 Å². The standard InChI is InChI=1S/C20H17N5O3.C3H4N2/c1-9-4-15-16(28-20(27)24-15)7-12(9)14-5-11-6-17(25-19(26)10-2-3-10)22-8-13(11)18(21)23-14;1-2-4-5-3-1/h4-8,10H,2-3H2,1H3,(H2,21,23)(H,24,27)(H,22,25,26);1-3H,(H,4,5). The highest BCUT2D eigenvalue weighted by Crippen LogP contribution is 2.32. The summed E-state index contributed by atoms with van der Waals surface area (Å²) in [5, 5.41) is 10.6. The number of rotatable bonds is 3. The molecule has 1 amide bonds. The van der Waals surface area contributed by atoms with E-state index in [0.717, 1.165) is 29.4 Å². The van der Waals surface area contributed by atoms with Crippen molar-refractivity contribution >= 4 is 39.4 Å². The number of nitrogens with zero attached hydrogens (tertiary/aromatic N) is 3. The Bertz CT molecular complexity index is 1500. The van der Waals surface area contributed by atoms with Crippen LogP contribution in [0, 0.1) is 12.8 Å². The van der Waals surface area contributed by atoms with Crippen LogP contribution < -0.4 is 16.8 Å². The first-order valence-electron chi connectivity index (χ1n) is 10.4. The lowest BCUT2D eigenvalue weighted by Gasteiger charge is -2.10. The number of nitrogens with one attached hydrogen (secondary N) is 3. The van der Waals surface area contributed by atoms with Crippen LogP contribution in [0.4, 0.5) is 11.6 Å². The molecule has 1 aliphatic rings. The number of amides is 1. The van der Waals surface area contributed by atoms with Crippen molar-refractivity contribution in [1.82, 2.24) is 25.1 Å². The van der Waals surface area contributed by atoms with Gasteiger partial charge in [-0.05, 0) is 61.0 Å². The van der Waals surface area contributed by atoms with E-state index >= 15 is 0 Å². The second kappa shape index (κ2) is 8.23. The highest BCUT2D eigenvalue weighted by Gasteiger charge is 2.29. The average molecular weight is 443 g/mol. The fraction of sp³-hybridized carbons (Fsp3) is 0.174. The molecule has 0 bridgehead atoms. The molecule has 0 spiro atoms. The van der Waals surface area contributed by atoms with Crippen LogP contribution in [-0.2, 0) is 4.79 Å². The molecule has 4 aromatic heterocycles. The van der Waals surface area contributed by atoms with Crippen LogP contribution >= 0.6 is 0 Å². The molecule has 1 aliphatic carbocycles. The Morgan fingerprint density at radius 3 is 2.79 bits per heavy atom. The minimum Gasteiger partial charge on any atom is -0.408 e. The van der Waals surface area contributed by atoms with Crippen molar-refractivity contribution in [2.24, 2.45) is 5.92 Å². The first-order chi connectivity index (χ1) is 16.0. The molecular formula is C23H21N7O3. The van der Waals surface area contributed by atoms with E-state index in [9.17, 15) is 9.59 Å². The van der Waals surface area contributed by atoms with Gasteiger partial charge in [0.25, 0.3) is 0 Å². The highest BCUT2D eigenvalue weighted by molar-refractivity contribution is 5.98. The Balaban J connectivity index is 0.000000406. The molecule has 0 aliphatic heterocycles. The lowest BCUT2D eigenvalue weighted by Crippen LogP contribution is -2.14. The average Bonchev–Trinajstić information content (AvgIpc) is 3.31. The Hall–Kier alpha value is -4.47. The molecule has 5 N–H and O–H groups in total. The molecule has 33 heavy (non-hydrogen) atoms. The van der Waals surface area contributed by atoms with Crippen molar-refractivity contribution in [1.29, 1.82) is 0 Å². The van der Waals surface area contributed by atoms with E-state index in [1.54, 1.807) is 30.7 Å². The zero-order valence-corrected chi connectivity index (χ0v) is 17.8. The molecule has 6 rings (SSSR count). The van der Waals surface area contributed by atoms with Crippen molar-refractivity contribution in [3.63, 3.8) is 0 Å². The molecule has 1 fully saturated rings. The van der Waals surface area contributed by atoms with E-state index in [0.29, 0.717) is 33.8 Å². The molecule has 4 heterocycles. The number of anilines is 2. The van der Waals surface area contributed by atoms with Crippen molar-refractivity contribution < 1.29 is 9.21 Å². The maximum atomic E-state index is 12.0. The molecule has 1 aromatic carbocycles. The zero-order chi connectivity index (χ0) is 22.9. The SMILES string of the molecule is Cc1cc2[nH]c(=O)oc2cc1-c1cc2cc(NC(=O)C3CC3)ncc2c(N)n1.c1cn[nH]c1. The molecule has 0 atom stereocenters. The van der Waals surface area contributed by atoms with Crippen LogP contribution in [0.3, 0.4) is 0 Å². The van der Waals surface area contributed by atoms with Gasteiger partial charge in [0.2, 0.25) is 5.91 Å². The van der Waals surface area contributed by atoms with Crippen LogP contribution in [0.2, 0.25) is 0 Å². The molecule has 10 nitrogen and oxygen atoms in total. The number of fused-ring (bicyclic) bond motifs is 2. The van der Waals surface area contributed by atoms with E-state index in [-0.39, 0.29) is 11.8 Å². The van der Waals surface area contributed by atoms with Gasteiger partial charge in [0.1, 0.15) is 11.6 Å². The van der Waals surface area contributed by atoms with E-state index in [1.807, 2.05) is 25.1 Å². The number of oxazole rings is 1. The van der Waals surface area contributed by atoms with Gasteiger partial charge >= 0.3 is 5.76 Å². The molecule has 0 radical (unpaired) electrons. The van der Waals surface area contributed by atoms with Gasteiger partial charge in [-0.25, -0.2) is 14.8 Å². The Morgan fingerprint density at radius 2 is 2.09 bits per heavy atom. The molecule has 1 saturated carbocycles. The van der Waals surface area contributed by atoms with Gasteiger partial charge in [-0.1, -0.05) is 0 Å². The van der Waals surface area contributed by atoms with Gasteiger partial charge in [0, 0.05) is 35.5 Å². The molecule has 0 unspecified atom stereocenters. The summed E-state index contributed by atoms with van der Waals surface area (Å²) in [6.45, 7) is 1.93. The van der Waals surface area contributed by atoms with Crippen LogP contribution in [0.5, 0.6) is 0 Å². The van der Waals surface area contributed by atoms with Gasteiger partial charge in [-0.2, -0.15) is 5.10 Å². The smallest absolute Gasteiger partial charge is 0.408 e. The van der Waals surface area contributed by atoms with E-state index in [2.05, 4.69) is 30.5 Å². The number of hydrogen-bond donors (Lipinski definition) is 4. The van der Waals surface area contributed by atoms with Gasteiger partial charge in [0.15, 0.2) is 5.58 Å². The first kappa shape index (κ1) is 20.4. The number of aromatic nitrogens is 5. The lowest BCUT2D eigenvalue weighted by molar-refractivity contribution is -0.117. The number of carbonyl (C=O) groups excluding carboxylic acids is 1. The van der Waals surface area contributed by atoms with E-state index in [1.165, 1.54) is 0 Å². The summed E-state index contributed by atoms with van der Waals surface area (Å²) in [4.78, 5) is 34.9. The van der Waals surface area contributed by atoms with Gasteiger partial charge < -0.3 is 15.5 Å². The van der Waals surface area contributed by atoms with Crippen molar-refractivity contribution in [3.8, 4) is 11.3 Å². The van der Waals surface area contributed by atoms with E-state index in [4.69, 9.17) is 10.2 Å².